The van der Waals surface area contributed by atoms with Crippen LogP contribution in [0.2, 0.25) is 0 Å². The number of rotatable bonds is 3. The van der Waals surface area contributed by atoms with E-state index in [1.54, 1.807) is 13.2 Å². The molecule has 0 fully saturated rings. The van der Waals surface area contributed by atoms with Crippen molar-refractivity contribution in [2.45, 2.75) is 13.8 Å². The highest BCUT2D eigenvalue weighted by molar-refractivity contribution is 5.85. The lowest BCUT2D eigenvalue weighted by molar-refractivity contribution is -0.131. The summed E-state index contributed by atoms with van der Waals surface area (Å²) in [4.78, 5) is 10.4. The maximum atomic E-state index is 10.4. The summed E-state index contributed by atoms with van der Waals surface area (Å²) in [6, 6.07) is 3.68. The molecule has 0 amide bonds. The molecule has 0 unspecified atom stereocenters. The Morgan fingerprint density at radius 3 is 2.53 bits per heavy atom. The Kier molecular flexibility index (Phi) is 3.50. The van der Waals surface area contributed by atoms with E-state index >= 15 is 0 Å². The van der Waals surface area contributed by atoms with Gasteiger partial charge < -0.3 is 9.84 Å². The molecule has 0 atom stereocenters. The van der Waals surface area contributed by atoms with Crippen LogP contribution in [0, 0.1) is 13.8 Å². The molecule has 0 spiro atoms. The van der Waals surface area contributed by atoms with Crippen molar-refractivity contribution in [3.05, 3.63) is 34.9 Å². The van der Waals surface area contributed by atoms with Gasteiger partial charge in [0.15, 0.2) is 0 Å². The van der Waals surface area contributed by atoms with Gasteiger partial charge >= 0.3 is 5.97 Å². The first-order chi connectivity index (χ1) is 7.06. The Morgan fingerprint density at radius 2 is 2.00 bits per heavy atom. The lowest BCUT2D eigenvalue weighted by atomic mass is 10.0. The Hall–Kier alpha value is -1.77. The highest BCUT2D eigenvalue weighted by Gasteiger charge is 2.04. The van der Waals surface area contributed by atoms with E-state index in [0.717, 1.165) is 28.5 Å². The summed E-state index contributed by atoms with van der Waals surface area (Å²) in [5.74, 6) is -0.122. The van der Waals surface area contributed by atoms with E-state index in [2.05, 4.69) is 0 Å². The fourth-order valence-corrected chi connectivity index (χ4v) is 1.38. The number of hydrogen-bond acceptors (Lipinski definition) is 2. The number of methoxy groups -OCH3 is 1. The smallest absolute Gasteiger partial charge is 0.328 e. The van der Waals surface area contributed by atoms with Crippen molar-refractivity contribution >= 4 is 12.0 Å². The molecule has 0 aliphatic carbocycles. The second-order valence-electron chi connectivity index (χ2n) is 3.28. The van der Waals surface area contributed by atoms with Crippen LogP contribution in [-0.4, -0.2) is 18.2 Å². The Balaban J connectivity index is 3.12. The first-order valence-corrected chi connectivity index (χ1v) is 4.61. The molecule has 15 heavy (non-hydrogen) atoms. The minimum atomic E-state index is -0.942. The molecule has 0 aromatic heterocycles. The van der Waals surface area contributed by atoms with Crippen molar-refractivity contribution in [2.75, 3.05) is 7.11 Å². The molecule has 0 heterocycles. The Morgan fingerprint density at radius 1 is 1.33 bits per heavy atom. The van der Waals surface area contributed by atoms with E-state index < -0.39 is 5.97 Å². The molecule has 3 heteroatoms. The zero-order valence-corrected chi connectivity index (χ0v) is 9.07. The van der Waals surface area contributed by atoms with Crippen LogP contribution in [0.25, 0.3) is 6.08 Å². The second kappa shape index (κ2) is 4.64. The van der Waals surface area contributed by atoms with Gasteiger partial charge in [-0.1, -0.05) is 6.07 Å². The van der Waals surface area contributed by atoms with Crippen molar-refractivity contribution in [2.24, 2.45) is 0 Å². The third kappa shape index (κ3) is 2.59. The molecule has 80 valence electrons. The van der Waals surface area contributed by atoms with Gasteiger partial charge in [-0.05, 0) is 42.7 Å². The number of aliphatic carboxylic acids is 1. The van der Waals surface area contributed by atoms with Gasteiger partial charge in [0.2, 0.25) is 0 Å². The summed E-state index contributed by atoms with van der Waals surface area (Å²) in [5, 5.41) is 8.52. The number of ether oxygens (including phenoxy) is 1. The predicted octanol–water partition coefficient (Wildman–Crippen LogP) is 2.41. The average Bonchev–Trinajstić information content (AvgIpc) is 2.20. The molecule has 0 radical (unpaired) electrons. The average molecular weight is 206 g/mol. The van der Waals surface area contributed by atoms with Crippen LogP contribution < -0.4 is 4.74 Å². The number of carboxylic acid groups (broad SMARTS) is 1. The van der Waals surface area contributed by atoms with Gasteiger partial charge in [-0.15, -0.1) is 0 Å². The van der Waals surface area contributed by atoms with Gasteiger partial charge in [0.05, 0.1) is 7.11 Å². The molecular weight excluding hydrogens is 192 g/mol. The van der Waals surface area contributed by atoms with Crippen LogP contribution in [0.15, 0.2) is 18.2 Å². The molecule has 0 saturated carbocycles. The number of carbonyl (C=O) groups is 1. The summed E-state index contributed by atoms with van der Waals surface area (Å²) in [6.07, 6.45) is 2.72. The van der Waals surface area contributed by atoms with E-state index in [1.165, 1.54) is 0 Å². The zero-order valence-electron chi connectivity index (χ0n) is 9.07. The van der Waals surface area contributed by atoms with E-state index in [9.17, 15) is 4.79 Å². The largest absolute Gasteiger partial charge is 0.496 e. The normalized spacial score (nSPS) is 10.6. The predicted molar refractivity (Wildman–Crippen MR) is 59.1 cm³/mol. The molecule has 0 aliphatic heterocycles. The summed E-state index contributed by atoms with van der Waals surface area (Å²) >= 11 is 0. The van der Waals surface area contributed by atoms with Gasteiger partial charge in [0.1, 0.15) is 5.75 Å². The number of benzene rings is 1. The van der Waals surface area contributed by atoms with Gasteiger partial charge in [-0.3, -0.25) is 0 Å². The minimum Gasteiger partial charge on any atom is -0.496 e. The van der Waals surface area contributed by atoms with Crippen molar-refractivity contribution in [3.8, 4) is 5.75 Å². The zero-order chi connectivity index (χ0) is 11.4. The third-order valence-electron chi connectivity index (χ3n) is 2.40. The monoisotopic (exact) mass is 206 g/mol. The van der Waals surface area contributed by atoms with Crippen molar-refractivity contribution < 1.29 is 14.6 Å². The maximum absolute atomic E-state index is 10.4. The minimum absolute atomic E-state index is 0.819. The van der Waals surface area contributed by atoms with Crippen LogP contribution in [0.5, 0.6) is 5.75 Å². The van der Waals surface area contributed by atoms with Gasteiger partial charge in [-0.2, -0.15) is 0 Å². The second-order valence-corrected chi connectivity index (χ2v) is 3.28. The summed E-state index contributed by atoms with van der Waals surface area (Å²) < 4.78 is 5.17. The van der Waals surface area contributed by atoms with Crippen LogP contribution >= 0.6 is 0 Å². The molecule has 1 aromatic carbocycles. The van der Waals surface area contributed by atoms with Gasteiger partial charge in [-0.25, -0.2) is 4.79 Å². The van der Waals surface area contributed by atoms with Crippen LogP contribution in [0.1, 0.15) is 16.7 Å². The van der Waals surface area contributed by atoms with Gasteiger partial charge in [0, 0.05) is 6.08 Å². The summed E-state index contributed by atoms with van der Waals surface area (Å²) in [7, 11) is 1.62. The van der Waals surface area contributed by atoms with E-state index in [-0.39, 0.29) is 0 Å². The van der Waals surface area contributed by atoms with Crippen molar-refractivity contribution in [3.63, 3.8) is 0 Å². The van der Waals surface area contributed by atoms with Crippen LogP contribution in [0.4, 0.5) is 0 Å². The summed E-state index contributed by atoms with van der Waals surface area (Å²) in [5.41, 5.74) is 2.97. The van der Waals surface area contributed by atoms with Crippen molar-refractivity contribution in [1.29, 1.82) is 0 Å². The lowest BCUT2D eigenvalue weighted by Gasteiger charge is -2.09. The molecular formula is C12H14O3. The molecule has 0 saturated heterocycles. The van der Waals surface area contributed by atoms with Crippen molar-refractivity contribution in [1.82, 2.24) is 0 Å². The molecule has 1 N–H and O–H groups in total. The first-order valence-electron chi connectivity index (χ1n) is 4.61. The van der Waals surface area contributed by atoms with E-state index in [1.807, 2.05) is 26.0 Å². The van der Waals surface area contributed by atoms with Gasteiger partial charge in [0.25, 0.3) is 0 Å². The quantitative estimate of drug-likeness (QED) is 0.772. The van der Waals surface area contributed by atoms with Crippen LogP contribution in [0.3, 0.4) is 0 Å². The number of carboxylic acids is 1. The first kappa shape index (κ1) is 11.3. The standard InChI is InChI=1S/C12H14O3/c1-8-9(2)11(15-3)6-4-10(8)5-7-12(13)14/h4-7H,1-3H3,(H,13,14). The van der Waals surface area contributed by atoms with E-state index in [4.69, 9.17) is 9.84 Å². The highest BCUT2D eigenvalue weighted by atomic mass is 16.5. The molecule has 1 aromatic rings. The molecule has 0 bridgehead atoms. The number of hydrogen-bond donors (Lipinski definition) is 1. The summed E-state index contributed by atoms with van der Waals surface area (Å²) in [6.45, 7) is 3.89. The molecule has 1 rings (SSSR count). The van der Waals surface area contributed by atoms with E-state index in [0.29, 0.717) is 0 Å². The topological polar surface area (TPSA) is 46.5 Å². The maximum Gasteiger partial charge on any atom is 0.328 e. The Labute approximate surface area is 89.0 Å². The molecule has 3 nitrogen and oxygen atoms in total. The Bertz CT molecular complexity index is 406. The fourth-order valence-electron chi connectivity index (χ4n) is 1.38. The lowest BCUT2D eigenvalue weighted by Crippen LogP contribution is -1.93. The SMILES string of the molecule is COc1ccc(C=CC(=O)O)c(C)c1C. The molecule has 0 aliphatic rings. The third-order valence-corrected chi connectivity index (χ3v) is 2.40. The highest BCUT2D eigenvalue weighted by Crippen LogP contribution is 2.24. The van der Waals surface area contributed by atoms with Crippen LogP contribution in [-0.2, 0) is 4.79 Å². The fraction of sp³-hybridized carbons (Fsp3) is 0.250.